The van der Waals surface area contributed by atoms with Gasteiger partial charge in [0.15, 0.2) is 11.5 Å². The lowest BCUT2D eigenvalue weighted by Crippen LogP contribution is -2.10. The summed E-state index contributed by atoms with van der Waals surface area (Å²) in [6.45, 7) is 3.30. The van der Waals surface area contributed by atoms with Crippen molar-refractivity contribution in [3.8, 4) is 5.88 Å². The Morgan fingerprint density at radius 1 is 1.30 bits per heavy atom. The Morgan fingerprint density at radius 2 is 2.15 bits per heavy atom. The Hall–Kier alpha value is -2.64. The molecule has 0 saturated heterocycles. The summed E-state index contributed by atoms with van der Waals surface area (Å²) in [4.78, 5) is 8.68. The zero-order valence-corrected chi connectivity index (χ0v) is 11.3. The molecule has 3 rings (SSSR count). The van der Waals surface area contributed by atoms with E-state index in [4.69, 9.17) is 10.5 Å². The molecule has 0 bridgehead atoms. The predicted octanol–water partition coefficient (Wildman–Crippen LogP) is 0.682. The van der Waals surface area contributed by atoms with Crippen molar-refractivity contribution in [1.82, 2.24) is 29.3 Å². The molecule has 0 aliphatic carbocycles. The molecule has 3 heterocycles. The molecular formula is C12H15N7O. The van der Waals surface area contributed by atoms with Gasteiger partial charge in [-0.15, -0.1) is 10.2 Å². The summed E-state index contributed by atoms with van der Waals surface area (Å²) in [7, 11) is 1.58. The molecule has 8 heteroatoms. The highest BCUT2D eigenvalue weighted by Crippen LogP contribution is 2.20. The molecule has 0 atom stereocenters. The number of methoxy groups -OCH3 is 1. The number of rotatable bonds is 4. The molecule has 0 aromatic carbocycles. The van der Waals surface area contributed by atoms with Crippen molar-refractivity contribution in [2.45, 2.75) is 20.0 Å². The summed E-state index contributed by atoms with van der Waals surface area (Å²) in [6, 6.07) is 3.59. The third-order valence-corrected chi connectivity index (χ3v) is 3.14. The van der Waals surface area contributed by atoms with Gasteiger partial charge in [0, 0.05) is 12.6 Å². The molecule has 0 amide bonds. The average molecular weight is 273 g/mol. The molecule has 0 aliphatic heterocycles. The number of nitrogen functional groups attached to an aromatic ring is 1. The first-order valence-electron chi connectivity index (χ1n) is 6.26. The second kappa shape index (κ2) is 4.80. The van der Waals surface area contributed by atoms with Crippen LogP contribution >= 0.6 is 0 Å². The fourth-order valence-electron chi connectivity index (χ4n) is 2.08. The number of pyridine rings is 1. The minimum absolute atomic E-state index is 0.395. The predicted molar refractivity (Wildman–Crippen MR) is 73.3 cm³/mol. The number of nitrogens with zero attached hydrogens (tertiary/aromatic N) is 6. The summed E-state index contributed by atoms with van der Waals surface area (Å²) in [5.41, 5.74) is 7.37. The van der Waals surface area contributed by atoms with Gasteiger partial charge in [0.05, 0.1) is 13.7 Å². The van der Waals surface area contributed by atoms with Gasteiger partial charge in [-0.05, 0) is 13.0 Å². The van der Waals surface area contributed by atoms with E-state index < -0.39 is 0 Å². The summed E-state index contributed by atoms with van der Waals surface area (Å²) in [6.07, 6.45) is 1.69. The second-order valence-electron chi connectivity index (χ2n) is 4.29. The zero-order valence-electron chi connectivity index (χ0n) is 11.3. The SMILES string of the molecule is CCn1cnnc1Cn1c(N)nc2ccc(OC)nc21. The monoisotopic (exact) mass is 273 g/mol. The molecule has 0 aliphatic rings. The van der Waals surface area contributed by atoms with Crippen LogP contribution in [0.5, 0.6) is 5.88 Å². The van der Waals surface area contributed by atoms with Crippen LogP contribution in [0.2, 0.25) is 0 Å². The summed E-state index contributed by atoms with van der Waals surface area (Å²) in [5.74, 6) is 1.73. The zero-order chi connectivity index (χ0) is 14.1. The van der Waals surface area contributed by atoms with E-state index in [0.29, 0.717) is 24.0 Å². The van der Waals surface area contributed by atoms with Crippen molar-refractivity contribution in [2.75, 3.05) is 12.8 Å². The fraction of sp³-hybridized carbons (Fsp3) is 0.333. The van der Waals surface area contributed by atoms with Crippen molar-refractivity contribution < 1.29 is 4.74 Å². The lowest BCUT2D eigenvalue weighted by atomic mass is 10.4. The largest absolute Gasteiger partial charge is 0.481 e. The molecule has 0 spiro atoms. The Kier molecular flexibility index (Phi) is 2.97. The maximum absolute atomic E-state index is 5.97. The minimum Gasteiger partial charge on any atom is -0.481 e. The van der Waals surface area contributed by atoms with Gasteiger partial charge >= 0.3 is 0 Å². The van der Waals surface area contributed by atoms with Gasteiger partial charge in [0.2, 0.25) is 11.8 Å². The van der Waals surface area contributed by atoms with Gasteiger partial charge in [-0.25, -0.2) is 4.98 Å². The van der Waals surface area contributed by atoms with Crippen LogP contribution in [-0.2, 0) is 13.1 Å². The van der Waals surface area contributed by atoms with Crippen molar-refractivity contribution >= 4 is 17.1 Å². The molecule has 3 aromatic heterocycles. The summed E-state index contributed by atoms with van der Waals surface area (Å²) >= 11 is 0. The van der Waals surface area contributed by atoms with Gasteiger partial charge in [-0.3, -0.25) is 4.57 Å². The highest BCUT2D eigenvalue weighted by atomic mass is 16.5. The van der Waals surface area contributed by atoms with Crippen LogP contribution in [0.1, 0.15) is 12.7 Å². The molecule has 104 valence electrons. The van der Waals surface area contributed by atoms with Crippen LogP contribution in [0.3, 0.4) is 0 Å². The maximum Gasteiger partial charge on any atom is 0.215 e. The average Bonchev–Trinajstić information content (AvgIpc) is 3.03. The first kappa shape index (κ1) is 12.4. The van der Waals surface area contributed by atoms with Crippen LogP contribution in [0.25, 0.3) is 11.2 Å². The number of aromatic nitrogens is 6. The van der Waals surface area contributed by atoms with E-state index in [2.05, 4.69) is 20.2 Å². The Labute approximate surface area is 115 Å². The minimum atomic E-state index is 0.395. The summed E-state index contributed by atoms with van der Waals surface area (Å²) < 4.78 is 8.89. The number of hydrogen-bond donors (Lipinski definition) is 1. The quantitative estimate of drug-likeness (QED) is 0.751. The molecule has 0 saturated carbocycles. The highest BCUT2D eigenvalue weighted by molar-refractivity contribution is 5.74. The number of anilines is 1. The van der Waals surface area contributed by atoms with E-state index in [1.807, 2.05) is 17.6 Å². The third-order valence-electron chi connectivity index (χ3n) is 3.14. The smallest absolute Gasteiger partial charge is 0.215 e. The lowest BCUT2D eigenvalue weighted by Gasteiger charge is -2.07. The molecule has 0 fully saturated rings. The number of nitrogens with two attached hydrogens (primary N) is 1. The number of aryl methyl sites for hydroxylation is 1. The van der Waals surface area contributed by atoms with Gasteiger partial charge in [0.25, 0.3) is 0 Å². The van der Waals surface area contributed by atoms with Crippen LogP contribution in [0, 0.1) is 0 Å². The third kappa shape index (κ3) is 1.94. The van der Waals surface area contributed by atoms with Crippen molar-refractivity contribution in [3.05, 3.63) is 24.3 Å². The molecule has 20 heavy (non-hydrogen) atoms. The van der Waals surface area contributed by atoms with E-state index in [1.165, 1.54) is 0 Å². The topological polar surface area (TPSA) is 96.7 Å². The van der Waals surface area contributed by atoms with Gasteiger partial charge in [0.1, 0.15) is 11.8 Å². The molecule has 0 unspecified atom stereocenters. The highest BCUT2D eigenvalue weighted by Gasteiger charge is 2.13. The number of hydrogen-bond acceptors (Lipinski definition) is 6. The van der Waals surface area contributed by atoms with Gasteiger partial charge in [-0.2, -0.15) is 4.98 Å². The number of fused-ring (bicyclic) bond motifs is 1. The molecule has 2 N–H and O–H groups in total. The number of ether oxygens (including phenoxy) is 1. The number of imidazole rings is 1. The Bertz CT molecular complexity index is 745. The Morgan fingerprint density at radius 3 is 2.90 bits per heavy atom. The van der Waals surface area contributed by atoms with E-state index in [0.717, 1.165) is 17.9 Å². The van der Waals surface area contributed by atoms with Crippen LogP contribution in [-0.4, -0.2) is 36.4 Å². The molecule has 8 nitrogen and oxygen atoms in total. The van der Waals surface area contributed by atoms with Crippen LogP contribution in [0.4, 0.5) is 5.95 Å². The van der Waals surface area contributed by atoms with Crippen LogP contribution < -0.4 is 10.5 Å². The van der Waals surface area contributed by atoms with E-state index in [1.54, 1.807) is 24.1 Å². The first-order valence-corrected chi connectivity index (χ1v) is 6.26. The Balaban J connectivity index is 2.08. The van der Waals surface area contributed by atoms with E-state index >= 15 is 0 Å². The van der Waals surface area contributed by atoms with Crippen LogP contribution in [0.15, 0.2) is 18.5 Å². The standard InChI is InChI=1S/C12H15N7O/c1-3-18-7-14-17-9(18)6-19-11-8(15-12(19)13)4-5-10(16-11)20-2/h4-5,7H,3,6H2,1-2H3,(H2,13,15). The second-order valence-corrected chi connectivity index (χ2v) is 4.29. The van der Waals surface area contributed by atoms with Crippen molar-refractivity contribution in [2.24, 2.45) is 0 Å². The van der Waals surface area contributed by atoms with E-state index in [-0.39, 0.29) is 0 Å². The fourth-order valence-corrected chi connectivity index (χ4v) is 2.08. The van der Waals surface area contributed by atoms with Crippen molar-refractivity contribution in [3.63, 3.8) is 0 Å². The summed E-state index contributed by atoms with van der Waals surface area (Å²) in [5, 5.41) is 8.01. The molecular weight excluding hydrogens is 258 g/mol. The van der Waals surface area contributed by atoms with Gasteiger partial charge in [-0.1, -0.05) is 0 Å². The normalized spacial score (nSPS) is 11.1. The lowest BCUT2D eigenvalue weighted by molar-refractivity contribution is 0.399. The maximum atomic E-state index is 5.97. The van der Waals surface area contributed by atoms with Gasteiger partial charge < -0.3 is 15.0 Å². The van der Waals surface area contributed by atoms with Crippen molar-refractivity contribution in [1.29, 1.82) is 0 Å². The first-order chi connectivity index (χ1) is 9.72. The molecule has 3 aromatic rings. The molecule has 0 radical (unpaired) electrons. The van der Waals surface area contributed by atoms with E-state index in [9.17, 15) is 0 Å².